The summed E-state index contributed by atoms with van der Waals surface area (Å²) in [6.07, 6.45) is 2.92. The van der Waals surface area contributed by atoms with Gasteiger partial charge in [-0.15, -0.1) is 0 Å². The first kappa shape index (κ1) is 12.5. The van der Waals surface area contributed by atoms with Gasteiger partial charge < -0.3 is 15.2 Å². The van der Waals surface area contributed by atoms with Crippen LogP contribution in [0.25, 0.3) is 0 Å². The van der Waals surface area contributed by atoms with Crippen molar-refractivity contribution in [2.75, 3.05) is 13.1 Å². The minimum absolute atomic E-state index is 0.0700. The molecule has 1 atom stereocenters. The zero-order chi connectivity index (χ0) is 13.3. The fourth-order valence-electron chi connectivity index (χ4n) is 3.33. The Balaban J connectivity index is 1.93. The molecule has 102 valence electrons. The largest absolute Gasteiger partial charge is 0.487 e. The van der Waals surface area contributed by atoms with Gasteiger partial charge in [0.1, 0.15) is 11.4 Å². The summed E-state index contributed by atoms with van der Waals surface area (Å²) in [4.78, 5) is 11.1. The molecular formula is C15H19NO3. The lowest BCUT2D eigenvalue weighted by atomic mass is 9.76. The van der Waals surface area contributed by atoms with E-state index in [-0.39, 0.29) is 17.9 Å². The van der Waals surface area contributed by atoms with Gasteiger partial charge in [-0.05, 0) is 44.0 Å². The van der Waals surface area contributed by atoms with E-state index in [1.165, 1.54) is 0 Å². The maximum Gasteiger partial charge on any atom is 0.303 e. The van der Waals surface area contributed by atoms with Gasteiger partial charge in [0.2, 0.25) is 0 Å². The van der Waals surface area contributed by atoms with Crippen molar-refractivity contribution in [1.82, 2.24) is 5.32 Å². The molecule has 3 rings (SSSR count). The van der Waals surface area contributed by atoms with Gasteiger partial charge in [0.25, 0.3) is 0 Å². The second-order valence-electron chi connectivity index (χ2n) is 5.57. The third-order valence-electron chi connectivity index (χ3n) is 4.24. The van der Waals surface area contributed by atoms with Crippen LogP contribution < -0.4 is 10.1 Å². The van der Waals surface area contributed by atoms with E-state index in [4.69, 9.17) is 9.84 Å². The molecule has 0 radical (unpaired) electrons. The van der Waals surface area contributed by atoms with Crippen molar-refractivity contribution in [3.8, 4) is 5.75 Å². The number of para-hydroxylation sites is 1. The summed E-state index contributed by atoms with van der Waals surface area (Å²) >= 11 is 0. The van der Waals surface area contributed by atoms with Crippen molar-refractivity contribution in [1.29, 1.82) is 0 Å². The van der Waals surface area contributed by atoms with Crippen LogP contribution in [-0.2, 0) is 4.79 Å². The number of carboxylic acid groups (broad SMARTS) is 1. The van der Waals surface area contributed by atoms with E-state index in [0.717, 1.165) is 43.7 Å². The number of benzene rings is 1. The molecule has 1 fully saturated rings. The Morgan fingerprint density at radius 1 is 1.37 bits per heavy atom. The summed E-state index contributed by atoms with van der Waals surface area (Å²) in [5.74, 6) is 0.216. The lowest BCUT2D eigenvalue weighted by Crippen LogP contribution is -2.49. The maximum absolute atomic E-state index is 11.1. The molecule has 1 aromatic rings. The molecule has 1 saturated heterocycles. The second-order valence-corrected chi connectivity index (χ2v) is 5.57. The Morgan fingerprint density at radius 2 is 2.11 bits per heavy atom. The van der Waals surface area contributed by atoms with Crippen molar-refractivity contribution < 1.29 is 14.6 Å². The van der Waals surface area contributed by atoms with Gasteiger partial charge in [0, 0.05) is 5.92 Å². The molecule has 0 aliphatic carbocycles. The van der Waals surface area contributed by atoms with E-state index in [9.17, 15) is 4.79 Å². The van der Waals surface area contributed by atoms with Gasteiger partial charge >= 0.3 is 5.97 Å². The Labute approximate surface area is 112 Å². The van der Waals surface area contributed by atoms with Crippen molar-refractivity contribution in [3.63, 3.8) is 0 Å². The monoisotopic (exact) mass is 261 g/mol. The SMILES string of the molecule is O=C(O)CC1CC2(CCNCC2)Oc2ccccc21. The molecule has 0 aromatic heterocycles. The maximum atomic E-state index is 11.1. The standard InChI is InChI=1S/C15H19NO3/c17-14(18)9-11-10-15(5-7-16-8-6-15)19-13-4-2-1-3-12(11)13/h1-4,11,16H,5-10H2,(H,17,18). The number of carboxylic acids is 1. The molecule has 1 unspecified atom stereocenters. The summed E-state index contributed by atoms with van der Waals surface area (Å²) in [6.45, 7) is 1.89. The summed E-state index contributed by atoms with van der Waals surface area (Å²) in [5.41, 5.74) is 0.883. The highest BCUT2D eigenvalue weighted by Crippen LogP contribution is 2.45. The number of rotatable bonds is 2. The number of ether oxygens (including phenoxy) is 1. The molecule has 0 amide bonds. The Kier molecular flexibility index (Phi) is 3.19. The molecule has 0 saturated carbocycles. The van der Waals surface area contributed by atoms with Gasteiger partial charge in [0.15, 0.2) is 0 Å². The molecular weight excluding hydrogens is 242 g/mol. The summed E-state index contributed by atoms with van der Waals surface area (Å²) in [5, 5.41) is 12.5. The quantitative estimate of drug-likeness (QED) is 0.856. The molecule has 19 heavy (non-hydrogen) atoms. The van der Waals surface area contributed by atoms with E-state index in [2.05, 4.69) is 5.32 Å². The highest BCUT2D eigenvalue weighted by atomic mass is 16.5. The van der Waals surface area contributed by atoms with Gasteiger partial charge in [-0.1, -0.05) is 18.2 Å². The minimum atomic E-state index is -0.731. The Morgan fingerprint density at radius 3 is 2.84 bits per heavy atom. The fourth-order valence-corrected chi connectivity index (χ4v) is 3.33. The Hall–Kier alpha value is -1.55. The molecule has 2 N–H and O–H groups in total. The first-order valence-electron chi connectivity index (χ1n) is 6.89. The van der Waals surface area contributed by atoms with Crippen LogP contribution in [0.2, 0.25) is 0 Å². The molecule has 2 heterocycles. The molecule has 4 nitrogen and oxygen atoms in total. The smallest absolute Gasteiger partial charge is 0.303 e. The average Bonchev–Trinajstić information content (AvgIpc) is 2.39. The number of nitrogens with one attached hydrogen (secondary N) is 1. The highest BCUT2D eigenvalue weighted by molar-refractivity contribution is 5.68. The first-order valence-corrected chi connectivity index (χ1v) is 6.89. The van der Waals surface area contributed by atoms with Crippen molar-refractivity contribution in [2.45, 2.75) is 37.2 Å². The predicted molar refractivity (Wildman–Crippen MR) is 71.5 cm³/mol. The molecule has 2 aliphatic rings. The first-order chi connectivity index (χ1) is 9.19. The highest BCUT2D eigenvalue weighted by Gasteiger charge is 2.42. The predicted octanol–water partition coefficient (Wildman–Crippen LogP) is 2.15. The lowest BCUT2D eigenvalue weighted by molar-refractivity contribution is -0.138. The van der Waals surface area contributed by atoms with Crippen LogP contribution in [0, 0.1) is 0 Å². The molecule has 2 aliphatic heterocycles. The second kappa shape index (κ2) is 4.85. The fraction of sp³-hybridized carbons (Fsp3) is 0.533. The van der Waals surface area contributed by atoms with Gasteiger partial charge in [-0.2, -0.15) is 0 Å². The van der Waals surface area contributed by atoms with Crippen molar-refractivity contribution in [2.24, 2.45) is 0 Å². The van der Waals surface area contributed by atoms with Crippen LogP contribution in [-0.4, -0.2) is 29.8 Å². The lowest BCUT2D eigenvalue weighted by Gasteiger charge is -2.44. The molecule has 0 bridgehead atoms. The molecule has 1 aromatic carbocycles. The van der Waals surface area contributed by atoms with Crippen LogP contribution in [0.3, 0.4) is 0 Å². The Bertz CT molecular complexity index is 480. The van der Waals surface area contributed by atoms with Gasteiger partial charge in [-0.3, -0.25) is 4.79 Å². The third-order valence-corrected chi connectivity index (χ3v) is 4.24. The zero-order valence-electron chi connectivity index (χ0n) is 10.9. The van der Waals surface area contributed by atoms with Crippen LogP contribution in [0.1, 0.15) is 37.2 Å². The van der Waals surface area contributed by atoms with Crippen LogP contribution in [0.5, 0.6) is 5.75 Å². The number of hydrogen-bond acceptors (Lipinski definition) is 3. The number of fused-ring (bicyclic) bond motifs is 1. The number of carbonyl (C=O) groups is 1. The zero-order valence-corrected chi connectivity index (χ0v) is 10.9. The van der Waals surface area contributed by atoms with Crippen molar-refractivity contribution >= 4 is 5.97 Å². The summed E-state index contributed by atoms with van der Waals surface area (Å²) in [6, 6.07) is 7.87. The van der Waals surface area contributed by atoms with E-state index in [1.807, 2.05) is 24.3 Å². The topological polar surface area (TPSA) is 58.6 Å². The van der Waals surface area contributed by atoms with E-state index in [0.29, 0.717) is 0 Å². The van der Waals surface area contributed by atoms with E-state index in [1.54, 1.807) is 0 Å². The average molecular weight is 261 g/mol. The number of hydrogen-bond donors (Lipinski definition) is 2. The molecule has 4 heteroatoms. The van der Waals surface area contributed by atoms with E-state index < -0.39 is 5.97 Å². The summed E-state index contributed by atoms with van der Waals surface area (Å²) < 4.78 is 6.24. The number of piperidine rings is 1. The normalized spacial score (nSPS) is 24.5. The molecule has 1 spiro atoms. The summed E-state index contributed by atoms with van der Waals surface area (Å²) in [7, 11) is 0. The van der Waals surface area contributed by atoms with Crippen LogP contribution in [0.4, 0.5) is 0 Å². The van der Waals surface area contributed by atoms with E-state index >= 15 is 0 Å². The van der Waals surface area contributed by atoms with Crippen LogP contribution >= 0.6 is 0 Å². The van der Waals surface area contributed by atoms with Gasteiger partial charge in [0.05, 0.1) is 6.42 Å². The van der Waals surface area contributed by atoms with Crippen molar-refractivity contribution in [3.05, 3.63) is 29.8 Å². The van der Waals surface area contributed by atoms with Gasteiger partial charge in [-0.25, -0.2) is 0 Å². The van der Waals surface area contributed by atoms with Crippen LogP contribution in [0.15, 0.2) is 24.3 Å². The number of aliphatic carboxylic acids is 1. The minimum Gasteiger partial charge on any atom is -0.487 e. The third kappa shape index (κ3) is 2.45.